The zero-order chi connectivity index (χ0) is 25.3. The third kappa shape index (κ3) is 5.24. The zero-order valence-electron chi connectivity index (χ0n) is 20.6. The molecule has 9 heteroatoms. The second-order valence-corrected chi connectivity index (χ2v) is 9.35. The maximum absolute atomic E-state index is 14.3. The first-order valence-corrected chi connectivity index (χ1v) is 11.5. The predicted molar refractivity (Wildman–Crippen MR) is 134 cm³/mol. The van der Waals surface area contributed by atoms with Gasteiger partial charge in [0.2, 0.25) is 0 Å². The fourth-order valence-electron chi connectivity index (χ4n) is 4.09. The Bertz CT molecular complexity index is 1320. The number of aryl methyl sites for hydroxylation is 2. The molecule has 1 saturated heterocycles. The molecule has 0 saturated carbocycles. The van der Waals surface area contributed by atoms with Gasteiger partial charge in [-0.15, -0.1) is 0 Å². The molecule has 1 atom stereocenters. The summed E-state index contributed by atoms with van der Waals surface area (Å²) in [6, 6.07) is 10.4. The molecule has 35 heavy (non-hydrogen) atoms. The lowest BCUT2D eigenvalue weighted by Crippen LogP contribution is -2.46. The molecule has 0 unspecified atom stereocenters. The van der Waals surface area contributed by atoms with E-state index in [-0.39, 0.29) is 23.2 Å². The molecular weight excluding hydrogens is 449 g/mol. The molecule has 0 spiro atoms. The molecule has 8 nitrogen and oxygen atoms in total. The second kappa shape index (κ2) is 9.58. The van der Waals surface area contributed by atoms with Crippen molar-refractivity contribution in [2.75, 3.05) is 30.0 Å². The number of alkyl halides is 1. The van der Waals surface area contributed by atoms with Crippen LogP contribution in [0.5, 0.6) is 0 Å². The lowest BCUT2D eigenvalue weighted by atomic mass is 10.0. The van der Waals surface area contributed by atoms with Crippen molar-refractivity contribution >= 4 is 17.3 Å². The summed E-state index contributed by atoms with van der Waals surface area (Å²) < 4.78 is 21.2. The smallest absolute Gasteiger partial charge is 0.290 e. The Kier molecular flexibility index (Phi) is 6.71. The SMILES string of the molecule is Cc1ccc(NC(=O)c2ccnc(C(C)(C)F)c2)cc1-c1cc(N2CCOC[C@@H]2C)c(=O)n(C)n1. The highest BCUT2D eigenvalue weighted by atomic mass is 19.1. The van der Waals surface area contributed by atoms with Crippen LogP contribution in [0.4, 0.5) is 15.8 Å². The zero-order valence-corrected chi connectivity index (χ0v) is 20.6. The molecule has 1 aliphatic heterocycles. The Morgan fingerprint density at radius 1 is 1.23 bits per heavy atom. The van der Waals surface area contributed by atoms with E-state index in [2.05, 4.69) is 15.4 Å². The summed E-state index contributed by atoms with van der Waals surface area (Å²) in [5.74, 6) is -0.371. The number of pyridine rings is 1. The number of carbonyl (C=O) groups is 1. The van der Waals surface area contributed by atoms with Crippen molar-refractivity contribution in [2.24, 2.45) is 7.05 Å². The number of morpholine rings is 1. The quantitative estimate of drug-likeness (QED) is 0.598. The van der Waals surface area contributed by atoms with Gasteiger partial charge in [-0.1, -0.05) is 6.07 Å². The molecule has 0 radical (unpaired) electrons. The maximum Gasteiger partial charge on any atom is 0.290 e. The van der Waals surface area contributed by atoms with Crippen LogP contribution in [0.1, 0.15) is 42.4 Å². The van der Waals surface area contributed by atoms with Crippen LogP contribution in [0.2, 0.25) is 0 Å². The molecule has 184 valence electrons. The number of amides is 1. The van der Waals surface area contributed by atoms with Gasteiger partial charge in [0, 0.05) is 42.6 Å². The maximum atomic E-state index is 14.3. The Morgan fingerprint density at radius 3 is 2.71 bits per heavy atom. The van der Waals surface area contributed by atoms with Gasteiger partial charge >= 0.3 is 0 Å². The summed E-state index contributed by atoms with van der Waals surface area (Å²) >= 11 is 0. The van der Waals surface area contributed by atoms with Crippen molar-refractivity contribution < 1.29 is 13.9 Å². The molecule has 1 aliphatic rings. The summed E-state index contributed by atoms with van der Waals surface area (Å²) in [6.45, 7) is 8.50. The Morgan fingerprint density at radius 2 is 2.00 bits per heavy atom. The normalized spacial score (nSPS) is 16.3. The summed E-state index contributed by atoms with van der Waals surface area (Å²) in [5.41, 5.74) is 2.17. The number of nitrogens with one attached hydrogen (secondary N) is 1. The minimum atomic E-state index is -1.65. The van der Waals surface area contributed by atoms with Crippen LogP contribution < -0.4 is 15.8 Å². The topological polar surface area (TPSA) is 89.4 Å². The lowest BCUT2D eigenvalue weighted by Gasteiger charge is -2.34. The van der Waals surface area contributed by atoms with Gasteiger partial charge in [-0.2, -0.15) is 5.10 Å². The van der Waals surface area contributed by atoms with E-state index in [1.807, 2.05) is 30.9 Å². The summed E-state index contributed by atoms with van der Waals surface area (Å²) in [7, 11) is 1.63. The number of anilines is 2. The Hall–Kier alpha value is -3.59. The molecule has 2 aromatic heterocycles. The van der Waals surface area contributed by atoms with Gasteiger partial charge in [0.1, 0.15) is 11.4 Å². The average Bonchev–Trinajstić information content (AvgIpc) is 2.82. The first-order chi connectivity index (χ1) is 16.5. The number of rotatable bonds is 5. The van der Waals surface area contributed by atoms with Gasteiger partial charge < -0.3 is 15.0 Å². The van der Waals surface area contributed by atoms with E-state index in [0.717, 1.165) is 11.1 Å². The first-order valence-electron chi connectivity index (χ1n) is 11.5. The van der Waals surface area contributed by atoms with E-state index in [1.165, 1.54) is 30.8 Å². The van der Waals surface area contributed by atoms with E-state index >= 15 is 0 Å². The predicted octanol–water partition coefficient (Wildman–Crippen LogP) is 3.83. The van der Waals surface area contributed by atoms with Crippen molar-refractivity contribution in [3.8, 4) is 11.3 Å². The third-order valence-corrected chi connectivity index (χ3v) is 6.12. The summed E-state index contributed by atoms with van der Waals surface area (Å²) in [5, 5.41) is 7.36. The van der Waals surface area contributed by atoms with E-state index in [0.29, 0.717) is 42.4 Å². The number of aromatic nitrogens is 3. The van der Waals surface area contributed by atoms with E-state index in [4.69, 9.17) is 4.74 Å². The molecule has 3 aromatic rings. The second-order valence-electron chi connectivity index (χ2n) is 9.35. The number of hydrogen-bond acceptors (Lipinski definition) is 6. The highest BCUT2D eigenvalue weighted by Gasteiger charge is 2.24. The molecule has 1 N–H and O–H groups in total. The molecule has 1 fully saturated rings. The van der Waals surface area contributed by atoms with Crippen LogP contribution in [-0.2, 0) is 17.5 Å². The monoisotopic (exact) mass is 479 g/mol. The van der Waals surface area contributed by atoms with Crippen LogP contribution in [0.3, 0.4) is 0 Å². The van der Waals surface area contributed by atoms with Crippen LogP contribution in [-0.4, -0.2) is 46.5 Å². The van der Waals surface area contributed by atoms with Crippen LogP contribution >= 0.6 is 0 Å². The van der Waals surface area contributed by atoms with E-state index in [1.54, 1.807) is 25.2 Å². The first kappa shape index (κ1) is 24.5. The Balaban J connectivity index is 1.66. The fourth-order valence-corrected chi connectivity index (χ4v) is 4.09. The van der Waals surface area contributed by atoms with Gasteiger partial charge in [0.15, 0.2) is 0 Å². The van der Waals surface area contributed by atoms with Gasteiger partial charge in [0.05, 0.1) is 24.6 Å². The number of halogens is 1. The van der Waals surface area contributed by atoms with E-state index in [9.17, 15) is 14.0 Å². The van der Waals surface area contributed by atoms with Gasteiger partial charge in [-0.3, -0.25) is 14.6 Å². The highest BCUT2D eigenvalue weighted by Crippen LogP contribution is 2.28. The minimum absolute atomic E-state index is 0.0676. The van der Waals surface area contributed by atoms with Gasteiger partial charge in [0.25, 0.3) is 11.5 Å². The van der Waals surface area contributed by atoms with Gasteiger partial charge in [-0.05, 0) is 63.6 Å². The molecule has 1 aromatic carbocycles. The molecule has 0 bridgehead atoms. The van der Waals surface area contributed by atoms with Gasteiger partial charge in [-0.25, -0.2) is 9.07 Å². The van der Waals surface area contributed by atoms with Crippen LogP contribution in [0, 0.1) is 6.92 Å². The summed E-state index contributed by atoms with van der Waals surface area (Å²) in [6.07, 6.45) is 1.43. The van der Waals surface area contributed by atoms with Crippen molar-refractivity contribution in [2.45, 2.75) is 39.4 Å². The highest BCUT2D eigenvalue weighted by molar-refractivity contribution is 6.04. The number of ether oxygens (including phenoxy) is 1. The van der Waals surface area contributed by atoms with E-state index < -0.39 is 5.67 Å². The van der Waals surface area contributed by atoms with Crippen molar-refractivity contribution in [3.05, 3.63) is 69.8 Å². The van der Waals surface area contributed by atoms with Crippen molar-refractivity contribution in [1.82, 2.24) is 14.8 Å². The molecule has 4 rings (SSSR count). The number of benzene rings is 1. The average molecular weight is 480 g/mol. The molecule has 0 aliphatic carbocycles. The number of carbonyl (C=O) groups excluding carboxylic acids is 1. The lowest BCUT2D eigenvalue weighted by molar-refractivity contribution is 0.0987. The standard InChI is InChI=1S/C26H30FN5O3/c1-16-6-7-19(29-24(33)18-8-9-28-23(12-18)26(3,4)27)13-20(16)21-14-22(25(34)31(5)30-21)32-10-11-35-15-17(32)2/h6-9,12-14,17H,10-11,15H2,1-5H3,(H,29,33)/t17-/m0/s1. The third-order valence-electron chi connectivity index (χ3n) is 6.12. The van der Waals surface area contributed by atoms with Crippen molar-refractivity contribution in [1.29, 1.82) is 0 Å². The largest absolute Gasteiger partial charge is 0.377 e. The Labute approximate surface area is 203 Å². The minimum Gasteiger partial charge on any atom is -0.377 e. The molecule has 3 heterocycles. The van der Waals surface area contributed by atoms with Crippen LogP contribution in [0.15, 0.2) is 47.4 Å². The fraction of sp³-hybridized carbons (Fsp3) is 0.385. The van der Waals surface area contributed by atoms with Crippen LogP contribution in [0.25, 0.3) is 11.3 Å². The summed E-state index contributed by atoms with van der Waals surface area (Å²) in [4.78, 5) is 31.8. The number of hydrogen-bond donors (Lipinski definition) is 1. The van der Waals surface area contributed by atoms with Crippen molar-refractivity contribution in [3.63, 3.8) is 0 Å². The molecule has 1 amide bonds. The molecular formula is C26H30FN5O3. The number of nitrogens with zero attached hydrogens (tertiary/aromatic N) is 4.